The molecule has 0 aliphatic carbocycles. The number of carbonyl (C=O) groups is 1. The number of aromatic nitrogens is 3. The molecule has 2 aromatic heterocycles. The Labute approximate surface area is 145 Å². The lowest BCUT2D eigenvalue weighted by Gasteiger charge is -2.04. The minimum Gasteiger partial charge on any atom is -0.465 e. The molecule has 3 aromatic rings. The van der Waals surface area contributed by atoms with Crippen molar-refractivity contribution in [2.75, 3.05) is 11.1 Å². The predicted molar refractivity (Wildman–Crippen MR) is 89.7 cm³/mol. The summed E-state index contributed by atoms with van der Waals surface area (Å²) in [6.45, 7) is 0. The molecule has 1 amide bonds. The third kappa shape index (κ3) is 5.01. The minimum absolute atomic E-state index is 0.00265. The number of hydrogen-bond donors (Lipinski definition) is 2. The molecular weight excluding hydrogens is 350 g/mol. The number of rotatable bonds is 6. The highest BCUT2D eigenvalue weighted by Crippen LogP contribution is 2.16. The maximum Gasteiger partial charge on any atom is 0.234 e. The van der Waals surface area contributed by atoms with Crippen LogP contribution in [0.4, 0.5) is 14.5 Å². The number of anilines is 1. The van der Waals surface area contributed by atoms with Crippen molar-refractivity contribution in [3.63, 3.8) is 0 Å². The van der Waals surface area contributed by atoms with Gasteiger partial charge in [-0.2, -0.15) is 0 Å². The lowest BCUT2D eigenvalue weighted by Crippen LogP contribution is -2.14. The maximum absolute atomic E-state index is 13.1. The Kier molecular flexibility index (Phi) is 5.24. The zero-order chi connectivity index (χ0) is 17.6. The highest BCUT2D eigenvalue weighted by atomic mass is 32.2. The zero-order valence-corrected chi connectivity index (χ0v) is 13.5. The molecule has 0 unspecified atom stereocenters. The molecule has 0 bridgehead atoms. The smallest absolute Gasteiger partial charge is 0.234 e. The summed E-state index contributed by atoms with van der Waals surface area (Å²) in [7, 11) is 0. The van der Waals surface area contributed by atoms with Crippen LogP contribution in [-0.4, -0.2) is 26.8 Å². The zero-order valence-electron chi connectivity index (χ0n) is 12.7. The molecule has 0 aliphatic heterocycles. The van der Waals surface area contributed by atoms with Gasteiger partial charge >= 0.3 is 0 Å². The highest BCUT2D eigenvalue weighted by Gasteiger charge is 2.09. The van der Waals surface area contributed by atoms with Gasteiger partial charge in [0, 0.05) is 11.8 Å². The number of thioether (sulfide) groups is 1. The van der Waals surface area contributed by atoms with Crippen molar-refractivity contribution in [1.82, 2.24) is 15.2 Å². The molecule has 1 aromatic carbocycles. The summed E-state index contributed by atoms with van der Waals surface area (Å²) < 4.78 is 31.3. The number of halogens is 2. The Hall–Kier alpha value is -2.94. The number of amides is 1. The van der Waals surface area contributed by atoms with Crippen LogP contribution in [0.1, 0.15) is 11.6 Å². The van der Waals surface area contributed by atoms with Gasteiger partial charge in [0.15, 0.2) is 0 Å². The van der Waals surface area contributed by atoms with Crippen LogP contribution < -0.4 is 5.32 Å². The molecular formula is C16H12F2N4O2S. The van der Waals surface area contributed by atoms with Crippen LogP contribution >= 0.6 is 11.8 Å². The molecule has 2 heterocycles. The van der Waals surface area contributed by atoms with E-state index in [1.54, 1.807) is 30.5 Å². The van der Waals surface area contributed by atoms with Crippen LogP contribution in [0.25, 0.3) is 12.2 Å². The molecule has 25 heavy (non-hydrogen) atoms. The Morgan fingerprint density at radius 3 is 2.80 bits per heavy atom. The molecule has 0 saturated carbocycles. The van der Waals surface area contributed by atoms with Gasteiger partial charge in [-0.3, -0.25) is 9.89 Å². The quantitative estimate of drug-likeness (QED) is 0.655. The van der Waals surface area contributed by atoms with Crippen LogP contribution in [0, 0.1) is 11.6 Å². The molecule has 0 saturated heterocycles. The lowest BCUT2D eigenvalue weighted by atomic mass is 10.3. The fourth-order valence-electron chi connectivity index (χ4n) is 1.90. The lowest BCUT2D eigenvalue weighted by molar-refractivity contribution is -0.113. The number of furan rings is 1. The van der Waals surface area contributed by atoms with Crippen molar-refractivity contribution in [3.8, 4) is 0 Å². The number of nitrogens with one attached hydrogen (secondary N) is 2. The summed E-state index contributed by atoms with van der Waals surface area (Å²) in [5, 5.41) is 9.47. The van der Waals surface area contributed by atoms with E-state index >= 15 is 0 Å². The number of nitrogens with zero attached hydrogens (tertiary/aromatic N) is 2. The van der Waals surface area contributed by atoms with Crippen molar-refractivity contribution in [2.45, 2.75) is 5.16 Å². The third-order valence-electron chi connectivity index (χ3n) is 2.91. The largest absolute Gasteiger partial charge is 0.465 e. The van der Waals surface area contributed by atoms with Gasteiger partial charge in [0.25, 0.3) is 0 Å². The van der Waals surface area contributed by atoms with Crippen molar-refractivity contribution in [3.05, 3.63) is 59.8 Å². The van der Waals surface area contributed by atoms with E-state index in [9.17, 15) is 13.6 Å². The molecule has 0 aliphatic rings. The summed E-state index contributed by atoms with van der Waals surface area (Å²) in [6.07, 6.45) is 4.97. The summed E-state index contributed by atoms with van der Waals surface area (Å²) in [4.78, 5) is 16.0. The van der Waals surface area contributed by atoms with Crippen molar-refractivity contribution >= 4 is 35.5 Å². The maximum atomic E-state index is 13.1. The Bertz CT molecular complexity index is 873. The van der Waals surface area contributed by atoms with Crippen molar-refractivity contribution in [1.29, 1.82) is 0 Å². The molecule has 128 valence electrons. The van der Waals surface area contributed by atoms with Crippen LogP contribution in [0.15, 0.2) is 46.2 Å². The predicted octanol–water partition coefficient (Wildman–Crippen LogP) is 3.58. The SMILES string of the molecule is O=C(CSc1n[nH]c(C=Cc2ccco2)n1)Nc1cc(F)cc(F)c1. The Morgan fingerprint density at radius 2 is 2.08 bits per heavy atom. The number of benzene rings is 1. The van der Waals surface area contributed by atoms with Crippen LogP contribution in [0.5, 0.6) is 0 Å². The molecule has 0 radical (unpaired) electrons. The second kappa shape index (κ2) is 7.75. The average Bonchev–Trinajstić information content (AvgIpc) is 3.21. The second-order valence-corrected chi connectivity index (χ2v) is 5.79. The first-order valence-electron chi connectivity index (χ1n) is 7.11. The van der Waals surface area contributed by atoms with Gasteiger partial charge in [0.2, 0.25) is 11.1 Å². The van der Waals surface area contributed by atoms with E-state index in [1.165, 1.54) is 0 Å². The fraction of sp³-hybridized carbons (Fsp3) is 0.0625. The van der Waals surface area contributed by atoms with Gasteiger partial charge < -0.3 is 9.73 Å². The summed E-state index contributed by atoms with van der Waals surface area (Å²) >= 11 is 1.09. The van der Waals surface area contributed by atoms with Crippen molar-refractivity contribution in [2.24, 2.45) is 0 Å². The number of carbonyl (C=O) groups excluding carboxylic acids is 1. The number of hydrogen-bond acceptors (Lipinski definition) is 5. The van der Waals surface area contributed by atoms with Crippen LogP contribution in [-0.2, 0) is 4.79 Å². The fourth-order valence-corrected chi connectivity index (χ4v) is 2.50. The molecule has 3 rings (SSSR count). The number of aromatic amines is 1. The van der Waals surface area contributed by atoms with Crippen LogP contribution in [0.2, 0.25) is 0 Å². The van der Waals surface area contributed by atoms with E-state index in [2.05, 4.69) is 20.5 Å². The molecule has 6 nitrogen and oxygen atoms in total. The standard InChI is InChI=1S/C16H12F2N4O2S/c17-10-6-11(18)8-12(7-10)19-15(23)9-25-16-20-14(21-22-16)4-3-13-2-1-5-24-13/h1-8H,9H2,(H,19,23)(H,20,21,22). The summed E-state index contributed by atoms with van der Waals surface area (Å²) in [5.74, 6) is -0.766. The van der Waals surface area contributed by atoms with E-state index in [1.807, 2.05) is 0 Å². The minimum atomic E-state index is -0.759. The van der Waals surface area contributed by atoms with Gasteiger partial charge in [0.05, 0.1) is 12.0 Å². The molecule has 0 fully saturated rings. The first kappa shape index (κ1) is 16.9. The van der Waals surface area contributed by atoms with Gasteiger partial charge in [0.1, 0.15) is 23.2 Å². The van der Waals surface area contributed by atoms with Gasteiger partial charge in [-0.25, -0.2) is 13.8 Å². The average molecular weight is 362 g/mol. The Morgan fingerprint density at radius 1 is 1.28 bits per heavy atom. The number of H-pyrrole nitrogens is 1. The topological polar surface area (TPSA) is 83.8 Å². The first-order chi connectivity index (χ1) is 12.1. The highest BCUT2D eigenvalue weighted by molar-refractivity contribution is 7.99. The van der Waals surface area contributed by atoms with E-state index in [4.69, 9.17) is 4.42 Å². The molecule has 2 N–H and O–H groups in total. The van der Waals surface area contributed by atoms with Crippen LogP contribution in [0.3, 0.4) is 0 Å². The van der Waals surface area contributed by atoms with Gasteiger partial charge in [-0.1, -0.05) is 11.8 Å². The van der Waals surface area contributed by atoms with Crippen molar-refractivity contribution < 1.29 is 18.0 Å². The van der Waals surface area contributed by atoms with Gasteiger partial charge in [-0.15, -0.1) is 5.10 Å². The first-order valence-corrected chi connectivity index (χ1v) is 8.10. The second-order valence-electron chi connectivity index (χ2n) is 4.85. The van der Waals surface area contributed by atoms with E-state index in [0.29, 0.717) is 16.7 Å². The monoisotopic (exact) mass is 362 g/mol. The summed E-state index contributed by atoms with van der Waals surface area (Å²) in [6, 6.07) is 6.37. The van der Waals surface area contributed by atoms with E-state index in [-0.39, 0.29) is 11.4 Å². The Balaban J connectivity index is 1.52. The van der Waals surface area contributed by atoms with E-state index in [0.717, 1.165) is 30.0 Å². The summed E-state index contributed by atoms with van der Waals surface area (Å²) in [5.41, 5.74) is 0.0557. The van der Waals surface area contributed by atoms with E-state index < -0.39 is 17.5 Å². The normalized spacial score (nSPS) is 11.1. The third-order valence-corrected chi connectivity index (χ3v) is 3.76. The molecule has 9 heteroatoms. The van der Waals surface area contributed by atoms with Gasteiger partial charge in [-0.05, 0) is 36.4 Å². The molecule has 0 atom stereocenters. The molecule has 0 spiro atoms.